The molecule has 0 aliphatic carbocycles. The van der Waals surface area contributed by atoms with Crippen molar-refractivity contribution in [3.05, 3.63) is 0 Å². The van der Waals surface area contributed by atoms with Gasteiger partial charge in [0.2, 0.25) is 6.41 Å². The third kappa shape index (κ3) is 1.46. The van der Waals surface area contributed by atoms with E-state index in [4.69, 9.17) is 5.73 Å². The predicted molar refractivity (Wildman–Crippen MR) is 48.5 cm³/mol. The molecule has 3 nitrogen and oxygen atoms in total. The number of nitrogens with two attached hydrogens (primary N) is 1. The molecule has 0 aromatic heterocycles. The van der Waals surface area contributed by atoms with E-state index in [2.05, 4.69) is 20.8 Å². The van der Waals surface area contributed by atoms with Crippen LogP contribution in [0.15, 0.2) is 0 Å². The first-order valence-corrected chi connectivity index (χ1v) is 4.54. The molecule has 0 radical (unpaired) electrons. The van der Waals surface area contributed by atoms with Gasteiger partial charge < -0.3 is 10.6 Å². The Morgan fingerprint density at radius 1 is 1.58 bits per heavy atom. The van der Waals surface area contributed by atoms with Crippen molar-refractivity contribution in [2.75, 3.05) is 6.54 Å². The Kier molecular flexibility index (Phi) is 2.73. The fourth-order valence-corrected chi connectivity index (χ4v) is 2.07. The maximum Gasteiger partial charge on any atom is 0.210 e. The van der Waals surface area contributed by atoms with Gasteiger partial charge >= 0.3 is 0 Å². The van der Waals surface area contributed by atoms with Gasteiger partial charge in [-0.1, -0.05) is 20.8 Å². The normalized spacial score (nSPS) is 36.1. The van der Waals surface area contributed by atoms with E-state index >= 15 is 0 Å². The first-order valence-electron chi connectivity index (χ1n) is 4.54. The van der Waals surface area contributed by atoms with Gasteiger partial charge in [-0.25, -0.2) is 0 Å². The Morgan fingerprint density at radius 2 is 2.17 bits per heavy atom. The Labute approximate surface area is 73.9 Å². The van der Waals surface area contributed by atoms with Gasteiger partial charge in [0.1, 0.15) is 0 Å². The zero-order valence-corrected chi connectivity index (χ0v) is 8.03. The molecule has 1 heterocycles. The molecule has 1 aliphatic heterocycles. The van der Waals surface area contributed by atoms with E-state index in [1.165, 1.54) is 0 Å². The molecule has 1 aliphatic rings. The topological polar surface area (TPSA) is 46.3 Å². The lowest BCUT2D eigenvalue weighted by Crippen LogP contribution is -2.43. The minimum Gasteiger partial charge on any atom is -0.340 e. The van der Waals surface area contributed by atoms with Crippen LogP contribution in [-0.4, -0.2) is 29.9 Å². The molecule has 0 saturated carbocycles. The number of hydrogen-bond acceptors (Lipinski definition) is 2. The second-order valence-corrected chi connectivity index (χ2v) is 4.09. The molecule has 0 aromatic rings. The highest BCUT2D eigenvalue weighted by molar-refractivity contribution is 5.49. The zero-order chi connectivity index (χ0) is 9.30. The summed E-state index contributed by atoms with van der Waals surface area (Å²) in [6.45, 7) is 7.13. The van der Waals surface area contributed by atoms with E-state index in [9.17, 15) is 4.79 Å². The lowest BCUT2D eigenvalue weighted by molar-refractivity contribution is -0.119. The average molecular weight is 170 g/mol. The van der Waals surface area contributed by atoms with E-state index in [1.807, 2.05) is 4.90 Å². The zero-order valence-electron chi connectivity index (χ0n) is 8.03. The molecule has 1 saturated heterocycles. The van der Waals surface area contributed by atoms with Gasteiger partial charge in [-0.05, 0) is 11.8 Å². The van der Waals surface area contributed by atoms with Crippen LogP contribution < -0.4 is 5.73 Å². The molecule has 12 heavy (non-hydrogen) atoms. The van der Waals surface area contributed by atoms with Gasteiger partial charge in [0.05, 0.1) is 0 Å². The highest BCUT2D eigenvalue weighted by Gasteiger charge is 2.37. The van der Waals surface area contributed by atoms with Crippen molar-refractivity contribution in [1.82, 2.24) is 4.90 Å². The van der Waals surface area contributed by atoms with Crippen molar-refractivity contribution in [2.24, 2.45) is 17.6 Å². The Hall–Kier alpha value is -0.570. The largest absolute Gasteiger partial charge is 0.340 e. The highest BCUT2D eigenvalue weighted by atomic mass is 16.1. The summed E-state index contributed by atoms with van der Waals surface area (Å²) in [7, 11) is 0. The summed E-state index contributed by atoms with van der Waals surface area (Å²) in [6.07, 6.45) is 0.925. The fourth-order valence-electron chi connectivity index (χ4n) is 2.07. The quantitative estimate of drug-likeness (QED) is 0.611. The first-order chi connectivity index (χ1) is 5.57. The molecule has 3 atom stereocenters. The second kappa shape index (κ2) is 3.44. The van der Waals surface area contributed by atoms with E-state index in [-0.39, 0.29) is 12.1 Å². The second-order valence-electron chi connectivity index (χ2n) is 4.09. The Balaban J connectivity index is 2.73. The Bertz CT molecular complexity index is 170. The van der Waals surface area contributed by atoms with E-state index in [1.54, 1.807) is 0 Å². The molecular weight excluding hydrogens is 152 g/mol. The summed E-state index contributed by atoms with van der Waals surface area (Å²) >= 11 is 0. The Morgan fingerprint density at radius 3 is 2.50 bits per heavy atom. The molecule has 1 amide bonds. The fraction of sp³-hybridized carbons (Fsp3) is 0.889. The average Bonchev–Trinajstić information content (AvgIpc) is 2.28. The smallest absolute Gasteiger partial charge is 0.210 e. The van der Waals surface area contributed by atoms with Crippen LogP contribution in [0.4, 0.5) is 0 Å². The van der Waals surface area contributed by atoms with Crippen LogP contribution in [-0.2, 0) is 4.79 Å². The number of nitrogens with zero attached hydrogens (tertiary/aromatic N) is 1. The van der Waals surface area contributed by atoms with Crippen LogP contribution in [0.2, 0.25) is 0 Å². The molecule has 1 rings (SSSR count). The van der Waals surface area contributed by atoms with Gasteiger partial charge in [0.15, 0.2) is 0 Å². The summed E-state index contributed by atoms with van der Waals surface area (Å²) in [5, 5.41) is 0. The number of rotatable bonds is 2. The van der Waals surface area contributed by atoms with Crippen molar-refractivity contribution >= 4 is 6.41 Å². The van der Waals surface area contributed by atoms with Gasteiger partial charge in [-0.3, -0.25) is 4.79 Å². The minimum absolute atomic E-state index is 0.148. The lowest BCUT2D eigenvalue weighted by Gasteiger charge is -2.26. The molecule has 0 unspecified atom stereocenters. The number of carbonyl (C=O) groups is 1. The standard InChI is InChI=1S/C9H18N2O/c1-6(2)9-8(10)7(3)4-11(9)5-12/h5-9H,4,10H2,1-3H3/t7-,8+,9-/m0/s1. The molecule has 1 fully saturated rings. The van der Waals surface area contributed by atoms with Crippen LogP contribution in [0.5, 0.6) is 0 Å². The van der Waals surface area contributed by atoms with Crippen molar-refractivity contribution in [1.29, 1.82) is 0 Å². The number of likely N-dealkylation sites (tertiary alicyclic amines) is 1. The molecule has 0 aromatic carbocycles. The monoisotopic (exact) mass is 170 g/mol. The first kappa shape index (κ1) is 9.52. The maximum atomic E-state index is 10.7. The van der Waals surface area contributed by atoms with Crippen LogP contribution in [0.3, 0.4) is 0 Å². The van der Waals surface area contributed by atoms with E-state index < -0.39 is 0 Å². The van der Waals surface area contributed by atoms with Crippen molar-refractivity contribution in [2.45, 2.75) is 32.9 Å². The summed E-state index contributed by atoms with van der Waals surface area (Å²) in [4.78, 5) is 12.5. The summed E-state index contributed by atoms with van der Waals surface area (Å²) in [6, 6.07) is 0.382. The highest BCUT2D eigenvalue weighted by Crippen LogP contribution is 2.25. The molecular formula is C9H18N2O. The third-order valence-corrected chi connectivity index (χ3v) is 2.75. The summed E-state index contributed by atoms with van der Waals surface area (Å²) < 4.78 is 0. The molecule has 0 bridgehead atoms. The van der Waals surface area contributed by atoms with Gasteiger partial charge in [-0.15, -0.1) is 0 Å². The molecule has 70 valence electrons. The van der Waals surface area contributed by atoms with Crippen LogP contribution in [0, 0.1) is 11.8 Å². The SMILES string of the molecule is CC(C)[C@H]1[C@H](N)[C@@H](C)CN1C=O. The molecule has 2 N–H and O–H groups in total. The summed E-state index contributed by atoms with van der Waals surface area (Å²) in [5.74, 6) is 0.887. The number of hydrogen-bond donors (Lipinski definition) is 1. The predicted octanol–water partition coefficient (Wildman–Crippen LogP) is 0.446. The van der Waals surface area contributed by atoms with E-state index in [0.29, 0.717) is 11.8 Å². The van der Waals surface area contributed by atoms with Crippen molar-refractivity contribution in [3.63, 3.8) is 0 Å². The molecule has 3 heteroatoms. The number of amides is 1. The van der Waals surface area contributed by atoms with Gasteiger partial charge in [0, 0.05) is 18.6 Å². The number of carbonyl (C=O) groups excluding carboxylic acids is 1. The molecule has 0 spiro atoms. The maximum absolute atomic E-state index is 10.7. The van der Waals surface area contributed by atoms with Crippen LogP contribution in [0.25, 0.3) is 0 Å². The summed E-state index contributed by atoms with van der Waals surface area (Å²) in [5.41, 5.74) is 5.99. The minimum atomic E-state index is 0.148. The van der Waals surface area contributed by atoms with E-state index in [0.717, 1.165) is 13.0 Å². The van der Waals surface area contributed by atoms with Crippen molar-refractivity contribution < 1.29 is 4.79 Å². The van der Waals surface area contributed by atoms with Crippen LogP contribution >= 0.6 is 0 Å². The van der Waals surface area contributed by atoms with Crippen molar-refractivity contribution in [3.8, 4) is 0 Å². The lowest BCUT2D eigenvalue weighted by atomic mass is 9.94. The van der Waals surface area contributed by atoms with Gasteiger partial charge in [0.25, 0.3) is 0 Å². The van der Waals surface area contributed by atoms with Crippen LogP contribution in [0.1, 0.15) is 20.8 Å². The third-order valence-electron chi connectivity index (χ3n) is 2.75. The van der Waals surface area contributed by atoms with Gasteiger partial charge in [-0.2, -0.15) is 0 Å².